The van der Waals surface area contributed by atoms with Gasteiger partial charge in [0, 0.05) is 43.4 Å². The summed E-state index contributed by atoms with van der Waals surface area (Å²) in [7, 11) is 0. The van der Waals surface area contributed by atoms with E-state index in [1.807, 2.05) is 0 Å². The minimum Gasteiger partial charge on any atom is -0.509 e. The van der Waals surface area contributed by atoms with Crippen molar-refractivity contribution in [1.82, 2.24) is 0 Å². The first-order chi connectivity index (χ1) is 7.29. The van der Waals surface area contributed by atoms with E-state index < -0.39 is 0 Å². The maximum absolute atomic E-state index is 8.18. The zero-order valence-corrected chi connectivity index (χ0v) is 11.4. The van der Waals surface area contributed by atoms with Crippen molar-refractivity contribution in [3.63, 3.8) is 0 Å². The Hall–Kier alpha value is -0.896. The van der Waals surface area contributed by atoms with Crippen molar-refractivity contribution in [3.05, 3.63) is 41.1 Å². The normalized spacial score (nSPS) is 16.9. The fraction of sp³-hybridized carbons (Fsp3) is 0.300. The first kappa shape index (κ1) is 13.2. The summed E-state index contributed by atoms with van der Waals surface area (Å²) in [5.41, 5.74) is 8.92. The summed E-state index contributed by atoms with van der Waals surface area (Å²) in [6, 6.07) is 6.53. The number of ether oxygens (including phenoxy) is 2. The van der Waals surface area contributed by atoms with Crippen LogP contribution < -0.4 is 9.47 Å². The second-order valence-corrected chi connectivity index (χ2v) is 3.14. The van der Waals surface area contributed by atoms with Crippen LogP contribution in [0.4, 0.5) is 0 Å². The minimum absolute atomic E-state index is 0. The summed E-state index contributed by atoms with van der Waals surface area (Å²) in [4.78, 5) is 2.67. The molecule has 1 radical (unpaired) electrons. The van der Waals surface area contributed by atoms with E-state index in [2.05, 4.69) is 23.0 Å². The molecule has 0 aliphatic carbocycles. The van der Waals surface area contributed by atoms with E-state index in [-0.39, 0.29) is 45.4 Å². The molecule has 0 saturated heterocycles. The van der Waals surface area contributed by atoms with E-state index in [0.717, 1.165) is 5.56 Å². The van der Waals surface area contributed by atoms with Gasteiger partial charge in [-0.2, -0.15) is 0 Å². The third-order valence-electron chi connectivity index (χ3n) is 1.99. The van der Waals surface area contributed by atoms with Crippen molar-refractivity contribution in [3.8, 4) is 11.5 Å². The second-order valence-electron chi connectivity index (χ2n) is 3.14. The average molecular weight is 292 g/mol. The van der Waals surface area contributed by atoms with E-state index in [9.17, 15) is 0 Å². The van der Waals surface area contributed by atoms with Crippen LogP contribution in [0.25, 0.3) is 10.4 Å². The molecular weight excluding hydrogens is 283 g/mol. The summed E-state index contributed by atoms with van der Waals surface area (Å²) >= 11 is 0. The molecule has 0 fully saturated rings. The van der Waals surface area contributed by atoms with Gasteiger partial charge in [-0.1, -0.05) is 5.11 Å². The maximum Gasteiger partial charge on any atom is 0.135 e. The predicted octanol–water partition coefficient (Wildman–Crippen LogP) is 2.12. The molecule has 0 amide bonds. The van der Waals surface area contributed by atoms with E-state index >= 15 is 0 Å². The summed E-state index contributed by atoms with van der Waals surface area (Å²) in [5, 5.41) is 3.44. The Balaban J connectivity index is 0.00000128. The third-order valence-corrected chi connectivity index (χ3v) is 1.99. The molecule has 6 heteroatoms. The van der Waals surface area contributed by atoms with Gasteiger partial charge in [0.25, 0.3) is 0 Å². The number of hydrogen-bond donors (Lipinski definition) is 0. The standard InChI is InChI=1S/C10H9N3O2.Y/c1-7-2-3-9-10(4-7)15-8(6-14-9)5-12-13-11;/h2-3,8H,1,5-6H2;/q-2;. The molecule has 16 heavy (non-hydrogen) atoms. The largest absolute Gasteiger partial charge is 0.509 e. The van der Waals surface area contributed by atoms with E-state index in [1.54, 1.807) is 12.1 Å². The molecule has 0 N–H and O–H groups in total. The van der Waals surface area contributed by atoms with Gasteiger partial charge >= 0.3 is 0 Å². The van der Waals surface area contributed by atoms with E-state index in [0.29, 0.717) is 18.1 Å². The van der Waals surface area contributed by atoms with Crippen LogP contribution in [-0.4, -0.2) is 19.3 Å². The Kier molecular flexibility index (Phi) is 4.93. The molecule has 2 rings (SSSR count). The number of rotatable bonds is 2. The molecule has 1 atom stereocenters. The molecule has 5 nitrogen and oxygen atoms in total. The molecule has 1 aliphatic heterocycles. The van der Waals surface area contributed by atoms with Crippen molar-refractivity contribution >= 4 is 0 Å². The Bertz CT molecular complexity index is 419. The van der Waals surface area contributed by atoms with Crippen molar-refractivity contribution in [2.45, 2.75) is 6.10 Å². The van der Waals surface area contributed by atoms with Crippen molar-refractivity contribution in [2.24, 2.45) is 5.11 Å². The topological polar surface area (TPSA) is 67.2 Å². The van der Waals surface area contributed by atoms with Gasteiger partial charge in [0.05, 0.1) is 6.54 Å². The number of benzene rings is 1. The molecule has 0 saturated carbocycles. The van der Waals surface area contributed by atoms with Gasteiger partial charge in [0.15, 0.2) is 0 Å². The summed E-state index contributed by atoms with van der Waals surface area (Å²) in [6.45, 7) is 4.38. The van der Waals surface area contributed by atoms with Crippen LogP contribution in [0.1, 0.15) is 5.56 Å². The van der Waals surface area contributed by atoms with Crippen LogP contribution in [0.15, 0.2) is 17.2 Å². The van der Waals surface area contributed by atoms with Crippen LogP contribution in [0.3, 0.4) is 0 Å². The molecule has 1 aromatic carbocycles. The Morgan fingerprint density at radius 1 is 1.62 bits per heavy atom. The smallest absolute Gasteiger partial charge is 0.135 e. The molecule has 1 unspecified atom stereocenters. The van der Waals surface area contributed by atoms with Gasteiger partial charge in [-0.25, -0.2) is 0 Å². The fourth-order valence-corrected chi connectivity index (χ4v) is 1.30. The maximum atomic E-state index is 8.18. The molecule has 1 aliphatic rings. The van der Waals surface area contributed by atoms with Crippen molar-refractivity contribution in [1.29, 1.82) is 0 Å². The number of fused-ring (bicyclic) bond motifs is 1. The van der Waals surface area contributed by atoms with Crippen LogP contribution in [0.2, 0.25) is 0 Å². The Morgan fingerprint density at radius 2 is 2.44 bits per heavy atom. The average Bonchev–Trinajstić information content (AvgIpc) is 2.25. The number of azide groups is 1. The van der Waals surface area contributed by atoms with Gasteiger partial charge < -0.3 is 28.0 Å². The van der Waals surface area contributed by atoms with Crippen LogP contribution >= 0.6 is 0 Å². The molecule has 1 aromatic rings. The van der Waals surface area contributed by atoms with E-state index in [1.165, 1.54) is 0 Å². The zero-order chi connectivity index (χ0) is 10.7. The zero-order valence-electron chi connectivity index (χ0n) is 8.59. The minimum atomic E-state index is -0.244. The van der Waals surface area contributed by atoms with Gasteiger partial charge in [-0.15, -0.1) is 6.07 Å². The van der Waals surface area contributed by atoms with Gasteiger partial charge in [-0.05, 0) is 5.53 Å². The molecule has 81 valence electrons. The first-order valence-electron chi connectivity index (χ1n) is 4.48. The predicted molar refractivity (Wildman–Crippen MR) is 53.7 cm³/mol. The summed E-state index contributed by atoms with van der Waals surface area (Å²) < 4.78 is 11.0. The third kappa shape index (κ3) is 3.05. The first-order valence-corrected chi connectivity index (χ1v) is 4.48. The van der Waals surface area contributed by atoms with Gasteiger partial charge in [0.2, 0.25) is 0 Å². The monoisotopic (exact) mass is 292 g/mol. The summed E-state index contributed by atoms with van der Waals surface area (Å²) in [5.74, 6) is 1.19. The molecule has 0 aromatic heterocycles. The van der Waals surface area contributed by atoms with Crippen LogP contribution in [-0.2, 0) is 32.7 Å². The number of nitrogens with zero attached hydrogens (tertiary/aromatic N) is 3. The quantitative estimate of drug-likeness (QED) is 0.362. The van der Waals surface area contributed by atoms with Gasteiger partial charge in [0.1, 0.15) is 18.5 Å². The van der Waals surface area contributed by atoms with Gasteiger partial charge in [-0.3, -0.25) is 6.07 Å². The number of hydrogen-bond acceptors (Lipinski definition) is 3. The second kappa shape index (κ2) is 5.99. The Morgan fingerprint density at radius 3 is 3.19 bits per heavy atom. The summed E-state index contributed by atoms with van der Waals surface area (Å²) in [6.07, 6.45) is -0.244. The molecule has 0 spiro atoms. The van der Waals surface area contributed by atoms with E-state index in [4.69, 9.17) is 15.0 Å². The Labute approximate surface area is 119 Å². The SMILES string of the molecule is [CH2-]c1[c-]c2c(cc1)OCC(CN=[N+]=[N-])O2.[Y]. The van der Waals surface area contributed by atoms with Crippen LogP contribution in [0, 0.1) is 13.0 Å². The molecule has 1 heterocycles. The molecular formula is C10H9N3O2Y-2. The van der Waals surface area contributed by atoms with Crippen molar-refractivity contribution < 1.29 is 42.2 Å². The molecule has 0 bridgehead atoms. The fourth-order valence-electron chi connectivity index (χ4n) is 1.30. The van der Waals surface area contributed by atoms with Crippen molar-refractivity contribution in [2.75, 3.05) is 13.2 Å². The van der Waals surface area contributed by atoms with Crippen LogP contribution in [0.5, 0.6) is 11.5 Å².